The van der Waals surface area contributed by atoms with Crippen LogP contribution in [0, 0.1) is 11.8 Å². The lowest BCUT2D eigenvalue weighted by molar-refractivity contribution is -0.240. The fourth-order valence-corrected chi connectivity index (χ4v) is 9.02. The van der Waals surface area contributed by atoms with Gasteiger partial charge in [-0.3, -0.25) is 9.59 Å². The summed E-state index contributed by atoms with van der Waals surface area (Å²) in [4.78, 5) is 22.5. The SMILES string of the molecule is CCCCCC(=O)NCCOCCCOCCCOCCCOCc1cn(C[C@@]23CO[C@@H](O2)[C@H](C)[C@@H](O)[C@H]3O)nn1.C[C@H]1[C@H]2OC[C@](Cn3cc(COCCCOCCCOCCCOCCNC(=O)CN)nn3)(O2)[C@H](O)[C@@H]1O. The first-order valence-corrected chi connectivity index (χ1v) is 28.3. The van der Waals surface area contributed by atoms with Gasteiger partial charge in [-0.2, -0.15) is 0 Å². The number of amides is 2. The van der Waals surface area contributed by atoms with Crippen LogP contribution in [0.2, 0.25) is 0 Å². The zero-order valence-corrected chi connectivity index (χ0v) is 46.9. The van der Waals surface area contributed by atoms with Gasteiger partial charge >= 0.3 is 0 Å². The minimum atomic E-state index is -1.07. The molecule has 0 radical (unpaired) electrons. The van der Waals surface area contributed by atoms with Crippen LogP contribution in [0.4, 0.5) is 0 Å². The van der Waals surface area contributed by atoms with Crippen LogP contribution >= 0.6 is 0 Å². The second-order valence-electron chi connectivity index (χ2n) is 20.4. The molecule has 8 N–H and O–H groups in total. The quantitative estimate of drug-likeness (QED) is 0.0422. The van der Waals surface area contributed by atoms with E-state index in [2.05, 4.69) is 38.2 Å². The maximum absolute atomic E-state index is 11.6. The average Bonchev–Trinajstić information content (AvgIpc) is 4.32. The van der Waals surface area contributed by atoms with Crippen LogP contribution in [0.5, 0.6) is 0 Å². The molecule has 454 valence electrons. The second kappa shape index (κ2) is 37.6. The second-order valence-corrected chi connectivity index (χ2v) is 20.4. The molecule has 4 saturated heterocycles. The van der Waals surface area contributed by atoms with Gasteiger partial charge in [0.1, 0.15) is 34.8 Å². The number of nitrogens with one attached hydrogen (secondary N) is 2. The number of carbonyl (C=O) groups is 2. The third kappa shape index (κ3) is 23.4. The van der Waals surface area contributed by atoms with Crippen molar-refractivity contribution in [2.45, 2.75) is 159 Å². The molecule has 27 nitrogen and oxygen atoms in total. The molecule has 2 aromatic rings. The van der Waals surface area contributed by atoms with Gasteiger partial charge in [-0.05, 0) is 44.9 Å². The van der Waals surface area contributed by atoms with Gasteiger partial charge in [0.25, 0.3) is 0 Å². The number of carbonyl (C=O) groups excluding carboxylic acids is 2. The highest BCUT2D eigenvalue weighted by Crippen LogP contribution is 2.42. The van der Waals surface area contributed by atoms with Crippen molar-refractivity contribution in [3.8, 4) is 0 Å². The molecule has 4 bridgehead atoms. The number of fused-ring (bicyclic) bond motifs is 4. The Hall–Kier alpha value is -3.46. The van der Waals surface area contributed by atoms with Gasteiger partial charge in [0, 0.05) is 111 Å². The van der Waals surface area contributed by atoms with E-state index in [-0.39, 0.29) is 56.5 Å². The summed E-state index contributed by atoms with van der Waals surface area (Å²) in [6.45, 7) is 16.5. The smallest absolute Gasteiger partial charge is 0.233 e. The molecule has 79 heavy (non-hydrogen) atoms. The Morgan fingerprint density at radius 2 is 0.937 bits per heavy atom. The van der Waals surface area contributed by atoms with Crippen LogP contribution in [-0.4, -0.2) is 236 Å². The van der Waals surface area contributed by atoms with E-state index in [0.717, 1.165) is 57.8 Å². The Morgan fingerprint density at radius 1 is 0.570 bits per heavy atom. The minimum Gasteiger partial charge on any atom is -0.390 e. The van der Waals surface area contributed by atoms with E-state index in [1.54, 1.807) is 35.6 Å². The highest BCUT2D eigenvalue weighted by molar-refractivity contribution is 5.77. The summed E-state index contributed by atoms with van der Waals surface area (Å²) in [5.74, 6) is -0.682. The first-order chi connectivity index (χ1) is 38.4. The summed E-state index contributed by atoms with van der Waals surface area (Å²) in [6, 6.07) is 0. The molecule has 4 fully saturated rings. The molecule has 0 spiro atoms. The number of hydrogen-bond acceptors (Lipinski definition) is 23. The molecule has 10 atom stereocenters. The molecule has 0 aliphatic carbocycles. The van der Waals surface area contributed by atoms with Crippen LogP contribution in [0.1, 0.15) is 96.4 Å². The van der Waals surface area contributed by atoms with Gasteiger partial charge in [0.05, 0.1) is 83.9 Å². The van der Waals surface area contributed by atoms with Gasteiger partial charge in [-0.1, -0.05) is 44.0 Å². The standard InChI is InChI=1S/C28H50N4O9.C24H43N5O9/c1-3-4-5-9-24(33)29-10-17-38-15-7-13-36-11-6-12-37-14-8-16-39-19-23-18-32(31-30-23)20-28-21-40-27(41-28)22(2)25(34)26(28)35;1-18-21(31)22(32)24(17-37-23(18)38-24)16-29-14-19(27-28-29)15-36-11-4-9-34-7-2-6-33-8-3-10-35-12-5-26-20(30)13-25/h18,22,25-27,34-35H,3-17,19-21H2,1-2H3,(H,29,33);14,18,21-23,31-32H,2-13,15-17,25H2,1H3,(H,26,30)/t22-,25-,26-,27+,28+;18-,21-,22-,23+,24+/m11/s1. The van der Waals surface area contributed by atoms with E-state index >= 15 is 0 Å². The molecule has 6 heterocycles. The zero-order valence-electron chi connectivity index (χ0n) is 46.9. The first kappa shape index (κ1) is 66.3. The maximum atomic E-state index is 11.6. The van der Waals surface area contributed by atoms with E-state index in [0.29, 0.717) is 137 Å². The third-order valence-electron chi connectivity index (χ3n) is 13.7. The van der Waals surface area contributed by atoms with Crippen molar-refractivity contribution in [3.05, 3.63) is 23.8 Å². The van der Waals surface area contributed by atoms with Crippen LogP contribution in [0.3, 0.4) is 0 Å². The van der Waals surface area contributed by atoms with E-state index in [9.17, 15) is 30.0 Å². The van der Waals surface area contributed by atoms with Crippen LogP contribution in [0.15, 0.2) is 12.4 Å². The monoisotopic (exact) mass is 1130 g/mol. The Labute approximate surface area is 464 Å². The Kier molecular flexibility index (Phi) is 31.6. The number of nitrogens with zero attached hydrogens (tertiary/aromatic N) is 6. The average molecular weight is 1130 g/mol. The summed E-state index contributed by atoms with van der Waals surface area (Å²) < 4.78 is 70.9. The summed E-state index contributed by atoms with van der Waals surface area (Å²) in [5, 5.41) is 63.7. The predicted octanol–water partition coefficient (Wildman–Crippen LogP) is -0.233. The normalized spacial score (nSPS) is 26.1. The lowest BCUT2D eigenvalue weighted by Gasteiger charge is -2.41. The molecular formula is C52H93N9O18. The Balaban J connectivity index is 0.000000291. The number of aliphatic hydroxyl groups is 4. The van der Waals surface area contributed by atoms with Crippen molar-refractivity contribution in [2.75, 3.05) is 125 Å². The number of ether oxygens (including phenoxy) is 12. The number of nitrogens with two attached hydrogens (primary N) is 1. The fraction of sp³-hybridized carbons (Fsp3) is 0.885. The molecule has 4 aliphatic rings. The molecule has 4 aliphatic heterocycles. The summed E-state index contributed by atoms with van der Waals surface area (Å²) >= 11 is 0. The van der Waals surface area contributed by atoms with E-state index in [1.165, 1.54) is 0 Å². The van der Waals surface area contributed by atoms with Crippen molar-refractivity contribution in [1.82, 2.24) is 40.6 Å². The predicted molar refractivity (Wildman–Crippen MR) is 281 cm³/mol. The van der Waals surface area contributed by atoms with E-state index < -0.39 is 48.2 Å². The van der Waals surface area contributed by atoms with Crippen molar-refractivity contribution < 1.29 is 86.9 Å². The van der Waals surface area contributed by atoms with E-state index in [4.69, 9.17) is 62.6 Å². The summed E-state index contributed by atoms with van der Waals surface area (Å²) in [5.41, 5.74) is 4.46. The number of rotatable bonds is 43. The van der Waals surface area contributed by atoms with Gasteiger partial charge in [0.15, 0.2) is 12.6 Å². The number of unbranched alkanes of at least 4 members (excludes halogenated alkanes) is 2. The number of aromatic nitrogens is 6. The molecule has 2 aromatic heterocycles. The molecule has 0 saturated carbocycles. The van der Waals surface area contributed by atoms with E-state index in [1.807, 2.05) is 0 Å². The summed E-state index contributed by atoms with van der Waals surface area (Å²) in [6.07, 6.45) is 7.01. The van der Waals surface area contributed by atoms with Gasteiger partial charge < -0.3 is 93.6 Å². The van der Waals surface area contributed by atoms with Crippen LogP contribution in [0.25, 0.3) is 0 Å². The van der Waals surface area contributed by atoms with Gasteiger partial charge in [-0.25, -0.2) is 9.36 Å². The van der Waals surface area contributed by atoms with Crippen molar-refractivity contribution in [1.29, 1.82) is 0 Å². The van der Waals surface area contributed by atoms with Crippen molar-refractivity contribution >= 4 is 11.8 Å². The van der Waals surface area contributed by atoms with Gasteiger partial charge in [0.2, 0.25) is 11.8 Å². The highest BCUT2D eigenvalue weighted by Gasteiger charge is 2.59. The molecule has 6 rings (SSSR count). The lowest BCUT2D eigenvalue weighted by Crippen LogP contribution is -2.59. The van der Waals surface area contributed by atoms with Crippen molar-refractivity contribution in [3.63, 3.8) is 0 Å². The van der Waals surface area contributed by atoms with Crippen LogP contribution < -0.4 is 16.4 Å². The molecule has 0 aromatic carbocycles. The zero-order chi connectivity index (χ0) is 56.6. The minimum absolute atomic E-state index is 0.00811. The number of aliphatic hydroxyl groups excluding tert-OH is 4. The first-order valence-electron chi connectivity index (χ1n) is 28.3. The Morgan fingerprint density at radius 3 is 1.32 bits per heavy atom. The molecule has 2 amide bonds. The summed E-state index contributed by atoms with van der Waals surface area (Å²) in [7, 11) is 0. The molecule has 27 heteroatoms. The topological polar surface area (TPSA) is 337 Å². The van der Waals surface area contributed by atoms with Crippen LogP contribution in [-0.2, 0) is 92.7 Å². The molecule has 0 unspecified atom stereocenters. The maximum Gasteiger partial charge on any atom is 0.233 e. The fourth-order valence-electron chi connectivity index (χ4n) is 9.02. The largest absolute Gasteiger partial charge is 0.390 e. The lowest BCUT2D eigenvalue weighted by atomic mass is 9.85. The highest BCUT2D eigenvalue weighted by atomic mass is 16.7. The number of hydrogen-bond donors (Lipinski definition) is 7. The van der Waals surface area contributed by atoms with Crippen molar-refractivity contribution in [2.24, 2.45) is 17.6 Å². The third-order valence-corrected chi connectivity index (χ3v) is 13.7. The Bertz CT molecular complexity index is 1940. The molecular weight excluding hydrogens is 1040 g/mol. The van der Waals surface area contributed by atoms with Gasteiger partial charge in [-0.15, -0.1) is 10.2 Å².